The number of benzene rings is 1. The summed E-state index contributed by atoms with van der Waals surface area (Å²) in [6.45, 7) is 3.07. The van der Waals surface area contributed by atoms with Crippen LogP contribution < -0.4 is 10.2 Å². The molecule has 2 aromatic heterocycles. The van der Waals surface area contributed by atoms with Crippen LogP contribution in [-0.4, -0.2) is 54.2 Å². The summed E-state index contributed by atoms with van der Waals surface area (Å²) in [6, 6.07) is 10.7. The molecule has 5 rings (SSSR count). The maximum Gasteiger partial charge on any atom is 0.253 e. The summed E-state index contributed by atoms with van der Waals surface area (Å²) >= 11 is 0. The molecule has 9 heteroatoms. The number of carbonyl (C=O) groups is 1. The molecule has 0 aliphatic carbocycles. The quantitative estimate of drug-likeness (QED) is 0.602. The Hall–Kier alpha value is -2.91. The topological polar surface area (TPSA) is 87.0 Å². The molecule has 8 nitrogen and oxygen atoms in total. The van der Waals surface area contributed by atoms with E-state index in [4.69, 9.17) is 0 Å². The summed E-state index contributed by atoms with van der Waals surface area (Å²) in [5.41, 5.74) is 2.75. The average Bonchev–Trinajstić information content (AvgIpc) is 3.52. The minimum Gasteiger partial charge on any atom is -0.371 e. The van der Waals surface area contributed by atoms with Gasteiger partial charge < -0.3 is 14.6 Å². The molecule has 2 aliphatic rings. The van der Waals surface area contributed by atoms with Crippen molar-refractivity contribution >= 4 is 27.3 Å². The average molecular weight is 468 g/mol. The summed E-state index contributed by atoms with van der Waals surface area (Å²) in [4.78, 5) is 20.2. The number of anilines is 1. The van der Waals surface area contributed by atoms with Gasteiger partial charge >= 0.3 is 0 Å². The Balaban J connectivity index is 1.42. The summed E-state index contributed by atoms with van der Waals surface area (Å²) < 4.78 is 29.9. The first-order valence-electron chi connectivity index (χ1n) is 11.6. The van der Waals surface area contributed by atoms with E-state index in [9.17, 15) is 13.2 Å². The van der Waals surface area contributed by atoms with Gasteiger partial charge in [0.1, 0.15) is 5.65 Å². The van der Waals surface area contributed by atoms with E-state index in [-0.39, 0.29) is 17.3 Å². The number of rotatable bonds is 6. The molecule has 2 fully saturated rings. The van der Waals surface area contributed by atoms with Gasteiger partial charge in [-0.2, -0.15) is 4.31 Å². The van der Waals surface area contributed by atoms with E-state index in [0.717, 1.165) is 62.2 Å². The standard InChI is InChI=1S/C24H29N5O3S/c30-24(25-17-19-18-28-13-5-2-8-23(28)26-19)21-16-20(9-10-22(21)27-11-6-7-12-27)33(31,32)29-14-3-1-4-15-29/h2,5,8-10,13,16,18H,1,3-4,6-7,11-12,14-15,17H2,(H,25,30). The third kappa shape index (κ3) is 4.47. The molecule has 0 radical (unpaired) electrons. The third-order valence-corrected chi connectivity index (χ3v) is 8.35. The van der Waals surface area contributed by atoms with Crippen molar-refractivity contribution in [3.05, 3.63) is 60.0 Å². The zero-order chi connectivity index (χ0) is 22.8. The van der Waals surface area contributed by atoms with Crippen LogP contribution in [0, 0.1) is 0 Å². The molecule has 1 N–H and O–H groups in total. The van der Waals surface area contributed by atoms with Gasteiger partial charge in [-0.3, -0.25) is 4.79 Å². The number of nitrogens with zero attached hydrogens (tertiary/aromatic N) is 4. The summed E-state index contributed by atoms with van der Waals surface area (Å²) in [6.07, 6.45) is 8.72. The van der Waals surface area contributed by atoms with E-state index in [1.807, 2.05) is 35.0 Å². The fraction of sp³-hybridized carbons (Fsp3) is 0.417. The van der Waals surface area contributed by atoms with Crippen molar-refractivity contribution in [1.29, 1.82) is 0 Å². The molecule has 0 bridgehead atoms. The molecular formula is C24H29N5O3S. The number of fused-ring (bicyclic) bond motifs is 1. The van der Waals surface area contributed by atoms with E-state index >= 15 is 0 Å². The zero-order valence-electron chi connectivity index (χ0n) is 18.6. The monoisotopic (exact) mass is 467 g/mol. The smallest absolute Gasteiger partial charge is 0.253 e. The fourth-order valence-corrected chi connectivity index (χ4v) is 6.23. The minimum absolute atomic E-state index is 0.185. The largest absolute Gasteiger partial charge is 0.371 e. The van der Waals surface area contributed by atoms with Gasteiger partial charge in [-0.15, -0.1) is 0 Å². The highest BCUT2D eigenvalue weighted by molar-refractivity contribution is 7.89. The predicted octanol–water partition coefficient (Wildman–Crippen LogP) is 3.04. The number of hydrogen-bond donors (Lipinski definition) is 1. The first kappa shape index (κ1) is 21.9. The van der Waals surface area contributed by atoms with Crippen LogP contribution in [0.3, 0.4) is 0 Å². The Bertz CT molecular complexity index is 1230. The van der Waals surface area contributed by atoms with Gasteiger partial charge in [0.15, 0.2) is 0 Å². The Morgan fingerprint density at radius 1 is 0.970 bits per heavy atom. The van der Waals surface area contributed by atoms with Gasteiger partial charge in [-0.1, -0.05) is 12.5 Å². The van der Waals surface area contributed by atoms with E-state index in [0.29, 0.717) is 18.7 Å². The molecule has 2 saturated heterocycles. The Morgan fingerprint density at radius 2 is 1.73 bits per heavy atom. The second kappa shape index (κ2) is 9.15. The van der Waals surface area contributed by atoms with Crippen LogP contribution in [0.25, 0.3) is 5.65 Å². The number of imidazole rings is 1. The molecule has 4 heterocycles. The number of nitrogens with one attached hydrogen (secondary N) is 1. The van der Waals surface area contributed by atoms with Gasteiger partial charge in [0.25, 0.3) is 5.91 Å². The van der Waals surface area contributed by atoms with Crippen LogP contribution in [0.15, 0.2) is 53.7 Å². The maximum absolute atomic E-state index is 13.3. The number of sulfonamides is 1. The lowest BCUT2D eigenvalue weighted by Gasteiger charge is -2.27. The van der Waals surface area contributed by atoms with Crippen LogP contribution in [0.1, 0.15) is 48.2 Å². The van der Waals surface area contributed by atoms with Crippen molar-refractivity contribution in [2.75, 3.05) is 31.1 Å². The van der Waals surface area contributed by atoms with E-state index < -0.39 is 10.0 Å². The Kier molecular flexibility index (Phi) is 6.07. The first-order chi connectivity index (χ1) is 16.0. The summed E-state index contributed by atoms with van der Waals surface area (Å²) in [7, 11) is -3.62. The fourth-order valence-electron chi connectivity index (χ4n) is 4.68. The number of piperidine rings is 1. The van der Waals surface area contributed by atoms with Crippen molar-refractivity contribution in [3.63, 3.8) is 0 Å². The van der Waals surface area contributed by atoms with Crippen LogP contribution >= 0.6 is 0 Å². The second-order valence-corrected chi connectivity index (χ2v) is 10.7. The van der Waals surface area contributed by atoms with Crippen LogP contribution in [-0.2, 0) is 16.6 Å². The molecule has 2 aliphatic heterocycles. The summed E-state index contributed by atoms with van der Waals surface area (Å²) in [5, 5.41) is 2.95. The highest BCUT2D eigenvalue weighted by Crippen LogP contribution is 2.29. The van der Waals surface area contributed by atoms with Crippen molar-refractivity contribution in [1.82, 2.24) is 19.0 Å². The molecule has 3 aromatic rings. The van der Waals surface area contributed by atoms with Crippen molar-refractivity contribution in [2.24, 2.45) is 0 Å². The molecule has 33 heavy (non-hydrogen) atoms. The second-order valence-electron chi connectivity index (χ2n) is 8.72. The molecule has 174 valence electrons. The van der Waals surface area contributed by atoms with E-state index in [1.54, 1.807) is 22.5 Å². The molecule has 0 spiro atoms. The number of carbonyl (C=O) groups excluding carboxylic acids is 1. The van der Waals surface area contributed by atoms with Crippen LogP contribution in [0.4, 0.5) is 5.69 Å². The van der Waals surface area contributed by atoms with Gasteiger partial charge in [-0.25, -0.2) is 13.4 Å². The van der Waals surface area contributed by atoms with Crippen molar-refractivity contribution in [2.45, 2.75) is 43.5 Å². The van der Waals surface area contributed by atoms with Gasteiger partial charge in [-0.05, 0) is 56.0 Å². The van der Waals surface area contributed by atoms with Crippen LogP contribution in [0.2, 0.25) is 0 Å². The van der Waals surface area contributed by atoms with Crippen molar-refractivity contribution < 1.29 is 13.2 Å². The molecule has 0 unspecified atom stereocenters. The van der Waals surface area contributed by atoms with E-state index in [1.165, 1.54) is 0 Å². The van der Waals surface area contributed by atoms with E-state index in [2.05, 4.69) is 15.2 Å². The molecule has 0 atom stereocenters. The first-order valence-corrected chi connectivity index (χ1v) is 13.1. The maximum atomic E-state index is 13.3. The molecule has 1 aromatic carbocycles. The van der Waals surface area contributed by atoms with Crippen molar-refractivity contribution in [3.8, 4) is 0 Å². The number of pyridine rings is 1. The Labute approximate surface area is 194 Å². The van der Waals surface area contributed by atoms with Crippen LogP contribution in [0.5, 0.6) is 0 Å². The zero-order valence-corrected chi connectivity index (χ0v) is 19.4. The highest BCUT2D eigenvalue weighted by atomic mass is 32.2. The predicted molar refractivity (Wildman–Crippen MR) is 127 cm³/mol. The van der Waals surface area contributed by atoms with Gasteiger partial charge in [0.2, 0.25) is 10.0 Å². The minimum atomic E-state index is -3.62. The third-order valence-electron chi connectivity index (χ3n) is 6.46. The van der Waals surface area contributed by atoms with Gasteiger partial charge in [0.05, 0.1) is 22.7 Å². The summed E-state index contributed by atoms with van der Waals surface area (Å²) in [5.74, 6) is -0.287. The number of amides is 1. The SMILES string of the molecule is O=C(NCc1cn2ccccc2n1)c1cc(S(=O)(=O)N2CCCCC2)ccc1N1CCCC1. The molecule has 1 amide bonds. The molecule has 0 saturated carbocycles. The lowest BCUT2D eigenvalue weighted by molar-refractivity contribution is 0.0950. The lowest BCUT2D eigenvalue weighted by atomic mass is 10.1. The normalized spacial score (nSPS) is 17.5. The molecular weight excluding hydrogens is 438 g/mol. The highest BCUT2D eigenvalue weighted by Gasteiger charge is 2.28. The number of aromatic nitrogens is 2. The lowest BCUT2D eigenvalue weighted by Crippen LogP contribution is -2.36. The number of hydrogen-bond acceptors (Lipinski definition) is 5. The van der Waals surface area contributed by atoms with Gasteiger partial charge in [0, 0.05) is 44.3 Å². The Morgan fingerprint density at radius 3 is 2.48 bits per heavy atom.